The highest BCUT2D eigenvalue weighted by Crippen LogP contribution is 2.73. The van der Waals surface area contributed by atoms with Crippen molar-refractivity contribution >= 4 is 11.9 Å². The van der Waals surface area contributed by atoms with Crippen LogP contribution in [0.3, 0.4) is 0 Å². The average molecular weight is 443 g/mol. The van der Waals surface area contributed by atoms with E-state index in [4.69, 9.17) is 9.47 Å². The second-order valence-electron chi connectivity index (χ2n) is 12.5. The minimum absolute atomic E-state index is 0.0209. The molecule has 5 heteroatoms. The number of esters is 2. The number of allylic oxidation sites excluding steroid dienone is 1. The van der Waals surface area contributed by atoms with Crippen LogP contribution in [0, 0.1) is 39.4 Å². The number of rotatable bonds is 1. The first-order chi connectivity index (χ1) is 14.9. The predicted molar refractivity (Wildman–Crippen MR) is 120 cm³/mol. The summed E-state index contributed by atoms with van der Waals surface area (Å²) in [7, 11) is 0. The lowest BCUT2D eigenvalue weighted by Gasteiger charge is -2.69. The third-order valence-corrected chi connectivity index (χ3v) is 10.6. The molecular weight excluding hydrogens is 404 g/mol. The van der Waals surface area contributed by atoms with E-state index in [-0.39, 0.29) is 22.7 Å². The first-order valence-electron chi connectivity index (χ1n) is 12.3. The van der Waals surface area contributed by atoms with Gasteiger partial charge in [-0.15, -0.1) is 0 Å². The van der Waals surface area contributed by atoms with Gasteiger partial charge < -0.3 is 14.6 Å². The van der Waals surface area contributed by atoms with Crippen molar-refractivity contribution in [1.29, 1.82) is 0 Å². The van der Waals surface area contributed by atoms with Gasteiger partial charge in [0.25, 0.3) is 0 Å². The third kappa shape index (κ3) is 2.66. The lowest BCUT2D eigenvalue weighted by molar-refractivity contribution is -0.215. The molecule has 4 aliphatic carbocycles. The van der Waals surface area contributed by atoms with E-state index in [1.807, 2.05) is 6.08 Å². The Bertz CT molecular complexity index is 930. The highest BCUT2D eigenvalue weighted by atomic mass is 16.6. The van der Waals surface area contributed by atoms with E-state index in [1.165, 1.54) is 32.6 Å². The quantitative estimate of drug-likeness (QED) is 0.583. The SMILES string of the molecule is CC(=O)OC1CC2C3(C)CCCC(C)(C)C3CCC2(C)C2C=CC3=C(C(=O)OC3O)C12C. The summed E-state index contributed by atoms with van der Waals surface area (Å²) < 4.78 is 11.3. The van der Waals surface area contributed by atoms with Gasteiger partial charge in [-0.1, -0.05) is 53.2 Å². The summed E-state index contributed by atoms with van der Waals surface area (Å²) in [5.41, 5.74) is 0.804. The zero-order valence-electron chi connectivity index (χ0n) is 20.4. The molecule has 0 saturated heterocycles. The zero-order chi connectivity index (χ0) is 23.3. The summed E-state index contributed by atoms with van der Waals surface area (Å²) in [5.74, 6) is 0.290. The Morgan fingerprint density at radius 1 is 1.09 bits per heavy atom. The minimum Gasteiger partial charge on any atom is -0.462 e. The van der Waals surface area contributed by atoms with Crippen molar-refractivity contribution < 1.29 is 24.2 Å². The van der Waals surface area contributed by atoms with Crippen LogP contribution in [-0.4, -0.2) is 29.4 Å². The van der Waals surface area contributed by atoms with Crippen molar-refractivity contribution in [2.24, 2.45) is 39.4 Å². The zero-order valence-corrected chi connectivity index (χ0v) is 20.4. The molecule has 1 aliphatic heterocycles. The second kappa shape index (κ2) is 6.71. The fourth-order valence-electron chi connectivity index (χ4n) is 9.41. The fourth-order valence-corrected chi connectivity index (χ4v) is 9.41. The molecule has 0 aromatic carbocycles. The molecule has 8 unspecified atom stereocenters. The van der Waals surface area contributed by atoms with E-state index < -0.39 is 23.8 Å². The maximum atomic E-state index is 12.9. The summed E-state index contributed by atoms with van der Waals surface area (Å²) in [4.78, 5) is 25.2. The molecule has 176 valence electrons. The number of ether oxygens (including phenoxy) is 2. The number of carbonyl (C=O) groups excluding carboxylic acids is 2. The van der Waals surface area contributed by atoms with Crippen molar-refractivity contribution in [2.45, 2.75) is 92.5 Å². The molecule has 8 atom stereocenters. The van der Waals surface area contributed by atoms with Gasteiger partial charge in [-0.05, 0) is 66.1 Å². The summed E-state index contributed by atoms with van der Waals surface area (Å²) >= 11 is 0. The molecule has 0 amide bonds. The van der Waals surface area contributed by atoms with Crippen molar-refractivity contribution in [3.8, 4) is 0 Å². The highest BCUT2D eigenvalue weighted by Gasteiger charge is 2.69. The van der Waals surface area contributed by atoms with Crippen LogP contribution in [0.2, 0.25) is 0 Å². The molecule has 3 saturated carbocycles. The minimum atomic E-state index is -1.23. The molecule has 1 N–H and O–H groups in total. The molecule has 0 aromatic rings. The smallest absolute Gasteiger partial charge is 0.337 e. The van der Waals surface area contributed by atoms with Gasteiger partial charge in [-0.3, -0.25) is 4.79 Å². The number of hydrogen-bond acceptors (Lipinski definition) is 5. The lowest BCUT2D eigenvalue weighted by Crippen LogP contribution is -2.65. The van der Waals surface area contributed by atoms with Crippen LogP contribution < -0.4 is 0 Å². The fraction of sp³-hybridized carbons (Fsp3) is 0.778. The Morgan fingerprint density at radius 2 is 1.81 bits per heavy atom. The summed E-state index contributed by atoms with van der Waals surface area (Å²) in [6, 6.07) is 0. The van der Waals surface area contributed by atoms with Crippen molar-refractivity contribution in [2.75, 3.05) is 0 Å². The number of carbonyl (C=O) groups is 2. The van der Waals surface area contributed by atoms with Crippen LogP contribution in [0.15, 0.2) is 23.3 Å². The van der Waals surface area contributed by atoms with E-state index in [9.17, 15) is 14.7 Å². The molecule has 0 aromatic heterocycles. The Balaban J connectivity index is 1.66. The molecular formula is C27H38O5. The van der Waals surface area contributed by atoms with Gasteiger partial charge in [0.2, 0.25) is 6.29 Å². The average Bonchev–Trinajstić information content (AvgIpc) is 2.97. The van der Waals surface area contributed by atoms with E-state index in [0.717, 1.165) is 12.8 Å². The number of cyclic esters (lactones) is 1. The molecule has 5 rings (SSSR count). The lowest BCUT2D eigenvalue weighted by atomic mass is 9.35. The highest BCUT2D eigenvalue weighted by molar-refractivity contribution is 5.95. The summed E-state index contributed by atoms with van der Waals surface area (Å²) in [6.45, 7) is 13.3. The van der Waals surface area contributed by atoms with Crippen molar-refractivity contribution in [1.82, 2.24) is 0 Å². The summed E-state index contributed by atoms with van der Waals surface area (Å²) in [6.07, 6.45) is 9.17. The molecule has 0 radical (unpaired) electrons. The van der Waals surface area contributed by atoms with Gasteiger partial charge in [0, 0.05) is 17.9 Å². The number of aliphatic hydroxyl groups is 1. The first kappa shape index (κ1) is 22.2. The normalized spacial score (nSPS) is 48.8. The second-order valence-corrected chi connectivity index (χ2v) is 12.5. The van der Waals surface area contributed by atoms with Crippen LogP contribution >= 0.6 is 0 Å². The monoisotopic (exact) mass is 442 g/mol. The van der Waals surface area contributed by atoms with Gasteiger partial charge in [0.05, 0.1) is 5.57 Å². The molecule has 5 aliphatic rings. The number of aliphatic hydroxyl groups excluding tert-OH is 1. The van der Waals surface area contributed by atoms with Gasteiger partial charge in [0.15, 0.2) is 0 Å². The molecule has 0 spiro atoms. The standard InChI is InChI=1S/C27H38O5/c1-15(28)31-20-14-19-25(4)12-7-11-24(2,3)17(25)10-13-26(19,5)18-9-8-16-21(27(18,20)6)23(30)32-22(16)29/h8-9,17-20,22,29H,7,10-14H2,1-6H3. The number of fused-ring (bicyclic) bond motifs is 6. The van der Waals surface area contributed by atoms with Crippen LogP contribution in [0.1, 0.15) is 80.1 Å². The van der Waals surface area contributed by atoms with Crippen LogP contribution in [0.25, 0.3) is 0 Å². The Kier molecular flexibility index (Phi) is 4.65. The van der Waals surface area contributed by atoms with Crippen LogP contribution in [-0.2, 0) is 19.1 Å². The van der Waals surface area contributed by atoms with Crippen molar-refractivity contribution in [3.05, 3.63) is 23.3 Å². The van der Waals surface area contributed by atoms with Crippen LogP contribution in [0.5, 0.6) is 0 Å². The van der Waals surface area contributed by atoms with Gasteiger partial charge in [-0.25, -0.2) is 4.79 Å². The number of hydrogen-bond donors (Lipinski definition) is 1. The first-order valence-corrected chi connectivity index (χ1v) is 12.3. The Labute approximate surface area is 191 Å². The third-order valence-electron chi connectivity index (χ3n) is 10.6. The topological polar surface area (TPSA) is 72.8 Å². The largest absolute Gasteiger partial charge is 0.462 e. The van der Waals surface area contributed by atoms with E-state index in [2.05, 4.69) is 40.7 Å². The summed E-state index contributed by atoms with van der Waals surface area (Å²) in [5, 5.41) is 10.4. The van der Waals surface area contributed by atoms with E-state index in [1.54, 1.807) is 0 Å². The van der Waals surface area contributed by atoms with Gasteiger partial charge in [-0.2, -0.15) is 0 Å². The van der Waals surface area contributed by atoms with E-state index in [0.29, 0.717) is 28.4 Å². The molecule has 0 bridgehead atoms. The van der Waals surface area contributed by atoms with Crippen LogP contribution in [0.4, 0.5) is 0 Å². The maximum absolute atomic E-state index is 12.9. The predicted octanol–water partition coefficient (Wildman–Crippen LogP) is 4.93. The molecule has 1 heterocycles. The Morgan fingerprint density at radius 3 is 2.50 bits per heavy atom. The van der Waals surface area contributed by atoms with Gasteiger partial charge in [0.1, 0.15) is 6.10 Å². The van der Waals surface area contributed by atoms with Gasteiger partial charge >= 0.3 is 11.9 Å². The van der Waals surface area contributed by atoms with Crippen molar-refractivity contribution in [3.63, 3.8) is 0 Å². The molecule has 3 fully saturated rings. The Hall–Kier alpha value is -1.62. The molecule has 32 heavy (non-hydrogen) atoms. The van der Waals surface area contributed by atoms with E-state index >= 15 is 0 Å². The maximum Gasteiger partial charge on any atom is 0.337 e. The molecule has 5 nitrogen and oxygen atoms in total.